The monoisotopic (exact) mass is 423 g/mol. The summed E-state index contributed by atoms with van der Waals surface area (Å²) in [5, 5.41) is 8.10. The van der Waals surface area contributed by atoms with Crippen molar-refractivity contribution in [2.24, 2.45) is 0 Å². The van der Waals surface area contributed by atoms with E-state index in [0.717, 1.165) is 23.7 Å². The molecular formula is C18H13ClF3N5S. The van der Waals surface area contributed by atoms with Gasteiger partial charge in [0.05, 0.1) is 16.3 Å². The first kappa shape index (κ1) is 18.8. The van der Waals surface area contributed by atoms with E-state index in [9.17, 15) is 13.2 Å². The van der Waals surface area contributed by atoms with Gasteiger partial charge in [-0.15, -0.1) is 10.2 Å². The highest BCUT2D eigenvalue weighted by Gasteiger charge is 2.32. The molecule has 0 aliphatic heterocycles. The number of benzene rings is 1. The van der Waals surface area contributed by atoms with Crippen LogP contribution >= 0.6 is 23.4 Å². The lowest BCUT2D eigenvalue weighted by Crippen LogP contribution is -2.07. The van der Waals surface area contributed by atoms with Crippen molar-refractivity contribution in [2.45, 2.75) is 23.6 Å². The van der Waals surface area contributed by atoms with Crippen LogP contribution in [0.2, 0.25) is 5.02 Å². The standard InChI is InChI=1S/C18H13ClF3N5S/c19-14-8-13(18(20,21)22)10-27-16(14)24-25-17(27)28-11-15-23-6-7-26(15)9-12-4-2-1-3-5-12/h1-8,10H,9,11H2. The summed E-state index contributed by atoms with van der Waals surface area (Å²) in [5.41, 5.74) is 0.461. The largest absolute Gasteiger partial charge is 0.417 e. The van der Waals surface area contributed by atoms with Crippen molar-refractivity contribution in [2.75, 3.05) is 0 Å². The predicted octanol–water partition coefficient (Wildman–Crippen LogP) is 4.94. The third-order valence-corrected chi connectivity index (χ3v) is 5.30. The molecule has 28 heavy (non-hydrogen) atoms. The molecule has 10 heteroatoms. The van der Waals surface area contributed by atoms with E-state index in [4.69, 9.17) is 11.6 Å². The smallest absolute Gasteiger partial charge is 0.330 e. The lowest BCUT2D eigenvalue weighted by molar-refractivity contribution is -0.137. The maximum absolute atomic E-state index is 13.1. The van der Waals surface area contributed by atoms with Crippen molar-refractivity contribution in [3.05, 3.63) is 77.0 Å². The van der Waals surface area contributed by atoms with E-state index in [2.05, 4.69) is 15.2 Å². The Morgan fingerprint density at radius 1 is 1.11 bits per heavy atom. The van der Waals surface area contributed by atoms with Crippen LogP contribution in [-0.4, -0.2) is 24.1 Å². The second-order valence-electron chi connectivity index (χ2n) is 6.00. The molecule has 0 spiro atoms. The summed E-state index contributed by atoms with van der Waals surface area (Å²) < 4.78 is 42.5. The number of rotatable bonds is 5. The van der Waals surface area contributed by atoms with Crippen LogP contribution in [0.3, 0.4) is 0 Å². The first-order chi connectivity index (χ1) is 13.4. The van der Waals surface area contributed by atoms with Crippen molar-refractivity contribution in [1.29, 1.82) is 0 Å². The van der Waals surface area contributed by atoms with Crippen LogP contribution < -0.4 is 0 Å². The number of imidazole rings is 1. The number of fused-ring (bicyclic) bond motifs is 1. The first-order valence-corrected chi connectivity index (χ1v) is 9.56. The number of hydrogen-bond donors (Lipinski definition) is 0. The molecule has 0 saturated carbocycles. The average Bonchev–Trinajstić information content (AvgIpc) is 3.27. The molecule has 3 heterocycles. The molecule has 0 atom stereocenters. The van der Waals surface area contributed by atoms with Gasteiger partial charge in [0.1, 0.15) is 5.82 Å². The number of halogens is 4. The highest BCUT2D eigenvalue weighted by atomic mass is 35.5. The van der Waals surface area contributed by atoms with Gasteiger partial charge < -0.3 is 4.57 Å². The normalized spacial score (nSPS) is 12.0. The van der Waals surface area contributed by atoms with E-state index < -0.39 is 11.7 Å². The number of thioether (sulfide) groups is 1. The topological polar surface area (TPSA) is 48.0 Å². The maximum Gasteiger partial charge on any atom is 0.417 e. The molecule has 5 nitrogen and oxygen atoms in total. The summed E-state index contributed by atoms with van der Waals surface area (Å²) in [6, 6.07) is 10.8. The molecule has 3 aromatic heterocycles. The van der Waals surface area contributed by atoms with Crippen LogP contribution in [0.1, 0.15) is 17.0 Å². The summed E-state index contributed by atoms with van der Waals surface area (Å²) in [6.45, 7) is 0.654. The molecule has 4 aromatic rings. The third kappa shape index (κ3) is 3.85. The Bertz CT molecular complexity index is 1110. The van der Waals surface area contributed by atoms with Gasteiger partial charge in [-0.25, -0.2) is 4.98 Å². The maximum atomic E-state index is 13.1. The van der Waals surface area contributed by atoms with Gasteiger partial charge in [0, 0.05) is 25.1 Å². The number of hydrogen-bond acceptors (Lipinski definition) is 4. The van der Waals surface area contributed by atoms with Crippen LogP contribution in [0.25, 0.3) is 5.65 Å². The van der Waals surface area contributed by atoms with Crippen LogP contribution in [0, 0.1) is 0 Å². The average molecular weight is 424 g/mol. The molecule has 0 radical (unpaired) electrons. The van der Waals surface area contributed by atoms with Gasteiger partial charge in [-0.3, -0.25) is 4.40 Å². The quantitative estimate of drug-likeness (QED) is 0.427. The first-order valence-electron chi connectivity index (χ1n) is 8.20. The van der Waals surface area contributed by atoms with Crippen LogP contribution in [0.5, 0.6) is 0 Å². The van der Waals surface area contributed by atoms with Gasteiger partial charge in [0.15, 0.2) is 10.8 Å². The number of alkyl halides is 3. The van der Waals surface area contributed by atoms with Crippen LogP contribution in [-0.2, 0) is 18.5 Å². The predicted molar refractivity (Wildman–Crippen MR) is 100 cm³/mol. The van der Waals surface area contributed by atoms with Crippen molar-refractivity contribution in [3.63, 3.8) is 0 Å². The molecule has 0 aliphatic carbocycles. The fraction of sp³-hybridized carbons (Fsp3) is 0.167. The lowest BCUT2D eigenvalue weighted by atomic mass is 10.2. The summed E-state index contributed by atoms with van der Waals surface area (Å²) in [4.78, 5) is 4.34. The molecule has 0 fully saturated rings. The molecular weight excluding hydrogens is 411 g/mol. The van der Waals surface area contributed by atoms with E-state index in [1.54, 1.807) is 6.20 Å². The SMILES string of the molecule is FC(F)(F)c1cc(Cl)c2nnc(SCc3nccn3Cc3ccccc3)n2c1. The van der Waals surface area contributed by atoms with E-state index >= 15 is 0 Å². The van der Waals surface area contributed by atoms with Crippen molar-refractivity contribution < 1.29 is 13.2 Å². The molecule has 144 valence electrons. The summed E-state index contributed by atoms with van der Waals surface area (Å²) >= 11 is 7.19. The van der Waals surface area contributed by atoms with Gasteiger partial charge >= 0.3 is 6.18 Å². The van der Waals surface area contributed by atoms with Crippen LogP contribution in [0.15, 0.2) is 60.1 Å². The Hall–Kier alpha value is -2.52. The summed E-state index contributed by atoms with van der Waals surface area (Å²) in [5.74, 6) is 1.21. The molecule has 0 aliphatic rings. The second kappa shape index (κ2) is 7.48. The second-order valence-corrected chi connectivity index (χ2v) is 7.35. The molecule has 0 amide bonds. The van der Waals surface area contributed by atoms with E-state index in [1.165, 1.54) is 16.2 Å². The Kier molecular flexibility index (Phi) is 5.03. The zero-order valence-corrected chi connectivity index (χ0v) is 15.8. The Morgan fingerprint density at radius 3 is 2.64 bits per heavy atom. The highest BCUT2D eigenvalue weighted by Crippen LogP contribution is 2.33. The zero-order valence-electron chi connectivity index (χ0n) is 14.3. The van der Waals surface area contributed by atoms with Gasteiger partial charge in [0.2, 0.25) is 0 Å². The number of pyridine rings is 1. The van der Waals surface area contributed by atoms with Crippen molar-refractivity contribution in [1.82, 2.24) is 24.1 Å². The van der Waals surface area contributed by atoms with Crippen molar-refractivity contribution >= 4 is 29.0 Å². The highest BCUT2D eigenvalue weighted by molar-refractivity contribution is 7.98. The van der Waals surface area contributed by atoms with E-state index in [0.29, 0.717) is 17.5 Å². The van der Waals surface area contributed by atoms with Gasteiger partial charge in [0.25, 0.3) is 0 Å². The third-order valence-electron chi connectivity index (χ3n) is 4.08. The minimum atomic E-state index is -4.50. The van der Waals surface area contributed by atoms with E-state index in [-0.39, 0.29) is 10.7 Å². The van der Waals surface area contributed by atoms with Crippen LogP contribution in [0.4, 0.5) is 13.2 Å². The molecule has 0 N–H and O–H groups in total. The summed E-state index contributed by atoms with van der Waals surface area (Å²) in [6.07, 6.45) is 0.0127. The molecule has 0 bridgehead atoms. The molecule has 0 saturated heterocycles. The number of aromatic nitrogens is 5. The fourth-order valence-corrected chi connectivity index (χ4v) is 3.84. The Balaban J connectivity index is 1.57. The Morgan fingerprint density at radius 2 is 1.89 bits per heavy atom. The number of nitrogens with zero attached hydrogens (tertiary/aromatic N) is 5. The fourth-order valence-electron chi connectivity index (χ4n) is 2.72. The minimum Gasteiger partial charge on any atom is -0.330 e. The van der Waals surface area contributed by atoms with Crippen molar-refractivity contribution in [3.8, 4) is 0 Å². The molecule has 0 unspecified atom stereocenters. The molecule has 1 aromatic carbocycles. The Labute approximate surface area is 167 Å². The van der Waals surface area contributed by atoms with E-state index in [1.807, 2.05) is 41.1 Å². The lowest BCUT2D eigenvalue weighted by Gasteiger charge is -2.09. The van der Waals surface area contributed by atoms with Gasteiger partial charge in [-0.1, -0.05) is 53.7 Å². The minimum absolute atomic E-state index is 0.0975. The zero-order chi connectivity index (χ0) is 19.7. The summed E-state index contributed by atoms with van der Waals surface area (Å²) in [7, 11) is 0. The molecule has 4 rings (SSSR count). The van der Waals surface area contributed by atoms with Gasteiger partial charge in [-0.05, 0) is 11.6 Å². The van der Waals surface area contributed by atoms with Gasteiger partial charge in [-0.2, -0.15) is 13.2 Å².